The van der Waals surface area contributed by atoms with E-state index in [1.807, 2.05) is 37.3 Å². The van der Waals surface area contributed by atoms with Crippen molar-refractivity contribution in [2.45, 2.75) is 19.4 Å². The van der Waals surface area contributed by atoms with Crippen molar-refractivity contribution in [1.82, 2.24) is 5.32 Å². The normalized spacial score (nSPS) is 11.7. The minimum Gasteiger partial charge on any atom is -0.491 e. The SMILES string of the molecule is C[C@H](COc1ccccc1)NC(=O)Cc1ccc(F)cc1. The fourth-order valence-electron chi connectivity index (χ4n) is 1.89. The Morgan fingerprint density at radius 1 is 1.14 bits per heavy atom. The quantitative estimate of drug-likeness (QED) is 0.887. The van der Waals surface area contributed by atoms with Gasteiger partial charge in [0.1, 0.15) is 18.2 Å². The van der Waals surface area contributed by atoms with E-state index in [4.69, 9.17) is 4.74 Å². The molecule has 2 aromatic carbocycles. The van der Waals surface area contributed by atoms with Crippen molar-refractivity contribution in [3.63, 3.8) is 0 Å². The van der Waals surface area contributed by atoms with Crippen LogP contribution >= 0.6 is 0 Å². The molecule has 21 heavy (non-hydrogen) atoms. The Hall–Kier alpha value is -2.36. The van der Waals surface area contributed by atoms with Crippen LogP contribution in [-0.4, -0.2) is 18.6 Å². The molecular weight excluding hydrogens is 269 g/mol. The number of hydrogen-bond acceptors (Lipinski definition) is 2. The van der Waals surface area contributed by atoms with E-state index in [2.05, 4.69) is 5.32 Å². The Labute approximate surface area is 123 Å². The second-order valence-electron chi connectivity index (χ2n) is 4.90. The Morgan fingerprint density at radius 2 is 1.81 bits per heavy atom. The highest BCUT2D eigenvalue weighted by atomic mass is 19.1. The van der Waals surface area contributed by atoms with Gasteiger partial charge in [0.2, 0.25) is 5.91 Å². The number of carbonyl (C=O) groups excluding carboxylic acids is 1. The predicted molar refractivity (Wildman–Crippen MR) is 79.6 cm³/mol. The number of para-hydroxylation sites is 1. The molecule has 0 bridgehead atoms. The zero-order valence-electron chi connectivity index (χ0n) is 11.9. The average molecular weight is 287 g/mol. The molecule has 0 spiro atoms. The van der Waals surface area contributed by atoms with Crippen molar-refractivity contribution in [2.75, 3.05) is 6.61 Å². The third-order valence-corrected chi connectivity index (χ3v) is 2.93. The van der Waals surface area contributed by atoms with Crippen LogP contribution in [0.1, 0.15) is 12.5 Å². The maximum Gasteiger partial charge on any atom is 0.224 e. The van der Waals surface area contributed by atoms with Crippen molar-refractivity contribution in [2.24, 2.45) is 0 Å². The fourth-order valence-corrected chi connectivity index (χ4v) is 1.89. The second-order valence-corrected chi connectivity index (χ2v) is 4.90. The van der Waals surface area contributed by atoms with E-state index in [-0.39, 0.29) is 24.2 Å². The Kier molecular flexibility index (Phi) is 5.32. The number of halogens is 1. The number of nitrogens with one attached hydrogen (secondary N) is 1. The highest BCUT2D eigenvalue weighted by Gasteiger charge is 2.09. The van der Waals surface area contributed by atoms with Gasteiger partial charge in [-0.05, 0) is 36.8 Å². The number of ether oxygens (including phenoxy) is 1. The van der Waals surface area contributed by atoms with E-state index in [9.17, 15) is 9.18 Å². The van der Waals surface area contributed by atoms with Gasteiger partial charge in [0.15, 0.2) is 0 Å². The van der Waals surface area contributed by atoms with E-state index >= 15 is 0 Å². The van der Waals surface area contributed by atoms with Gasteiger partial charge in [-0.3, -0.25) is 4.79 Å². The lowest BCUT2D eigenvalue weighted by Crippen LogP contribution is -2.37. The molecule has 2 aromatic rings. The van der Waals surface area contributed by atoms with Crippen LogP contribution in [0, 0.1) is 5.82 Å². The van der Waals surface area contributed by atoms with E-state index < -0.39 is 0 Å². The molecule has 0 heterocycles. The first-order valence-electron chi connectivity index (χ1n) is 6.85. The minimum atomic E-state index is -0.302. The van der Waals surface area contributed by atoms with Gasteiger partial charge in [-0.25, -0.2) is 4.39 Å². The van der Waals surface area contributed by atoms with Crippen molar-refractivity contribution in [1.29, 1.82) is 0 Å². The summed E-state index contributed by atoms with van der Waals surface area (Å²) in [7, 11) is 0. The summed E-state index contributed by atoms with van der Waals surface area (Å²) in [6, 6.07) is 15.3. The highest BCUT2D eigenvalue weighted by molar-refractivity contribution is 5.78. The van der Waals surface area contributed by atoms with Crippen LogP contribution in [0.5, 0.6) is 5.75 Å². The van der Waals surface area contributed by atoms with Gasteiger partial charge in [0, 0.05) is 0 Å². The zero-order valence-corrected chi connectivity index (χ0v) is 11.9. The predicted octanol–water partition coefficient (Wildman–Crippen LogP) is 2.95. The summed E-state index contributed by atoms with van der Waals surface area (Å²) >= 11 is 0. The first-order chi connectivity index (χ1) is 10.1. The number of rotatable bonds is 6. The third-order valence-electron chi connectivity index (χ3n) is 2.93. The van der Waals surface area contributed by atoms with Crippen LogP contribution in [0.15, 0.2) is 54.6 Å². The fraction of sp³-hybridized carbons (Fsp3) is 0.235. The second kappa shape index (κ2) is 7.43. The molecular formula is C17H18FNO2. The Bertz CT molecular complexity index is 569. The van der Waals surface area contributed by atoms with Crippen LogP contribution < -0.4 is 10.1 Å². The number of benzene rings is 2. The van der Waals surface area contributed by atoms with E-state index in [1.54, 1.807) is 12.1 Å². The van der Waals surface area contributed by atoms with Crippen molar-refractivity contribution >= 4 is 5.91 Å². The largest absolute Gasteiger partial charge is 0.491 e. The van der Waals surface area contributed by atoms with Gasteiger partial charge in [-0.2, -0.15) is 0 Å². The van der Waals surface area contributed by atoms with E-state index in [0.717, 1.165) is 11.3 Å². The van der Waals surface area contributed by atoms with Gasteiger partial charge in [-0.15, -0.1) is 0 Å². The first kappa shape index (κ1) is 15.0. The molecule has 0 aromatic heterocycles. The number of hydrogen-bond donors (Lipinski definition) is 1. The van der Waals surface area contributed by atoms with Crippen molar-refractivity contribution in [3.8, 4) is 5.75 Å². The van der Waals surface area contributed by atoms with Gasteiger partial charge >= 0.3 is 0 Å². The van der Waals surface area contributed by atoms with Gasteiger partial charge in [0.25, 0.3) is 0 Å². The molecule has 0 aliphatic carbocycles. The van der Waals surface area contributed by atoms with E-state index in [1.165, 1.54) is 12.1 Å². The Balaban J connectivity index is 1.75. The topological polar surface area (TPSA) is 38.3 Å². The maximum atomic E-state index is 12.8. The summed E-state index contributed by atoms with van der Waals surface area (Å²) in [6.45, 7) is 2.28. The van der Waals surface area contributed by atoms with Crippen LogP contribution in [-0.2, 0) is 11.2 Å². The average Bonchev–Trinajstić information content (AvgIpc) is 2.48. The number of amides is 1. The third kappa shape index (κ3) is 5.26. The maximum absolute atomic E-state index is 12.8. The monoisotopic (exact) mass is 287 g/mol. The zero-order chi connectivity index (χ0) is 15.1. The summed E-state index contributed by atoms with van der Waals surface area (Å²) in [4.78, 5) is 11.9. The molecule has 0 aliphatic heterocycles. The summed E-state index contributed by atoms with van der Waals surface area (Å²) in [5.41, 5.74) is 0.782. The van der Waals surface area contributed by atoms with Crippen LogP contribution in [0.25, 0.3) is 0 Å². The molecule has 0 aliphatic rings. The molecule has 0 unspecified atom stereocenters. The molecule has 0 radical (unpaired) electrons. The van der Waals surface area contributed by atoms with Crippen LogP contribution in [0.4, 0.5) is 4.39 Å². The lowest BCUT2D eigenvalue weighted by atomic mass is 10.1. The smallest absolute Gasteiger partial charge is 0.224 e. The molecule has 0 fully saturated rings. The lowest BCUT2D eigenvalue weighted by Gasteiger charge is -2.15. The van der Waals surface area contributed by atoms with Crippen LogP contribution in [0.3, 0.4) is 0 Å². The first-order valence-corrected chi connectivity index (χ1v) is 6.85. The van der Waals surface area contributed by atoms with Crippen molar-refractivity contribution < 1.29 is 13.9 Å². The highest BCUT2D eigenvalue weighted by Crippen LogP contribution is 2.08. The molecule has 3 nitrogen and oxygen atoms in total. The summed E-state index contributed by atoms with van der Waals surface area (Å²) < 4.78 is 18.3. The minimum absolute atomic E-state index is 0.0989. The van der Waals surface area contributed by atoms with Crippen molar-refractivity contribution in [3.05, 3.63) is 66.0 Å². The molecule has 1 N–H and O–H groups in total. The summed E-state index contributed by atoms with van der Waals surface area (Å²) in [5.74, 6) is 0.367. The summed E-state index contributed by atoms with van der Waals surface area (Å²) in [5, 5.41) is 2.86. The van der Waals surface area contributed by atoms with Gasteiger partial charge < -0.3 is 10.1 Å². The lowest BCUT2D eigenvalue weighted by molar-refractivity contribution is -0.121. The molecule has 2 rings (SSSR count). The Morgan fingerprint density at radius 3 is 2.48 bits per heavy atom. The van der Waals surface area contributed by atoms with Gasteiger partial charge in [0.05, 0.1) is 12.5 Å². The molecule has 1 atom stereocenters. The van der Waals surface area contributed by atoms with Crippen LogP contribution in [0.2, 0.25) is 0 Å². The molecule has 0 saturated carbocycles. The molecule has 4 heteroatoms. The summed E-state index contributed by atoms with van der Waals surface area (Å²) in [6.07, 6.45) is 0.232. The molecule has 110 valence electrons. The standard InChI is InChI=1S/C17H18FNO2/c1-13(12-21-16-5-3-2-4-6-16)19-17(20)11-14-7-9-15(18)10-8-14/h2-10,13H,11-12H2,1H3,(H,19,20)/t13-/m1/s1. The number of carbonyl (C=O) groups is 1. The molecule has 0 saturated heterocycles. The van der Waals surface area contributed by atoms with Gasteiger partial charge in [-0.1, -0.05) is 30.3 Å². The van der Waals surface area contributed by atoms with E-state index in [0.29, 0.717) is 6.61 Å². The molecule has 1 amide bonds.